The van der Waals surface area contributed by atoms with Crippen molar-refractivity contribution in [2.75, 3.05) is 34.0 Å². The molecule has 0 saturated heterocycles. The summed E-state index contributed by atoms with van der Waals surface area (Å²) in [5.74, 6) is 1.98. The molecule has 246 valence electrons. The van der Waals surface area contributed by atoms with E-state index in [1.807, 2.05) is 91.0 Å². The van der Waals surface area contributed by atoms with E-state index >= 15 is 0 Å². The number of carbonyl (C=O) groups is 1. The van der Waals surface area contributed by atoms with Gasteiger partial charge in [0.1, 0.15) is 5.75 Å². The Morgan fingerprint density at radius 1 is 0.936 bits per heavy atom. The van der Waals surface area contributed by atoms with Gasteiger partial charge < -0.3 is 24.1 Å². The monoisotopic (exact) mass is 765 g/mol. The Morgan fingerprint density at radius 2 is 1.66 bits per heavy atom. The molecule has 0 aromatic heterocycles. The maximum atomic E-state index is 14.5. The molecule has 1 aliphatic heterocycles. The van der Waals surface area contributed by atoms with Gasteiger partial charge in [-0.25, -0.2) is 10.4 Å². The minimum atomic E-state index is -1.38. The van der Waals surface area contributed by atoms with Crippen molar-refractivity contribution in [2.45, 2.75) is 30.9 Å². The third-order valence-corrected chi connectivity index (χ3v) is 9.32. The topological polar surface area (TPSA) is 111 Å². The van der Waals surface area contributed by atoms with Crippen molar-refractivity contribution >= 4 is 43.7 Å². The van der Waals surface area contributed by atoms with Gasteiger partial charge in [0.2, 0.25) is 5.90 Å². The van der Waals surface area contributed by atoms with Gasteiger partial charge in [-0.1, -0.05) is 74.3 Å². The zero-order valence-electron chi connectivity index (χ0n) is 26.2. The molecule has 0 saturated carbocycles. The standard InChI is InChI=1S/C36H37Br2N3O6/c1-44-31-17-12-24(22-32(31)45-2)18-19-39-41-35(43)36(23-26-8-3-5-10-29(26)37)33(28-9-4-6-11-30(28)38)47-34(40-36)25-13-15-27(16-14-25)46-21-7-20-42/h3-6,8-17,22,33,39,42H,7,18-21,23H2,1-2H3,(H,41,43)/t33-,36-/m0/s1. The molecule has 0 fully saturated rings. The number of nitrogens with zero attached hydrogens (tertiary/aromatic N) is 1. The molecule has 4 aromatic carbocycles. The number of aliphatic hydroxyl groups is 1. The van der Waals surface area contributed by atoms with Gasteiger partial charge in [-0.15, -0.1) is 0 Å². The Bertz CT molecular complexity index is 1700. The minimum absolute atomic E-state index is 0.0614. The van der Waals surface area contributed by atoms with Gasteiger partial charge in [-0.3, -0.25) is 10.2 Å². The number of aliphatic hydroxyl groups excluding tert-OH is 1. The van der Waals surface area contributed by atoms with Crippen LogP contribution in [0.1, 0.15) is 34.8 Å². The summed E-state index contributed by atoms with van der Waals surface area (Å²) in [6.45, 7) is 0.929. The molecule has 2 atom stereocenters. The fourth-order valence-electron chi connectivity index (χ4n) is 5.37. The Morgan fingerprint density at radius 3 is 2.36 bits per heavy atom. The molecule has 1 aliphatic rings. The highest BCUT2D eigenvalue weighted by molar-refractivity contribution is 9.10. The first-order chi connectivity index (χ1) is 22.9. The summed E-state index contributed by atoms with van der Waals surface area (Å²) in [5.41, 5.74) is 8.13. The maximum Gasteiger partial charge on any atom is 0.266 e. The average molecular weight is 768 g/mol. The largest absolute Gasteiger partial charge is 0.494 e. The quantitative estimate of drug-likeness (QED) is 0.0956. The first kappa shape index (κ1) is 34.4. The van der Waals surface area contributed by atoms with Crippen LogP contribution in [0.4, 0.5) is 0 Å². The number of benzene rings is 4. The Labute approximate surface area is 291 Å². The van der Waals surface area contributed by atoms with Crippen LogP contribution in [-0.4, -0.2) is 56.4 Å². The van der Waals surface area contributed by atoms with E-state index in [0.29, 0.717) is 54.7 Å². The van der Waals surface area contributed by atoms with Gasteiger partial charge >= 0.3 is 0 Å². The Kier molecular flexibility index (Phi) is 11.9. The maximum absolute atomic E-state index is 14.5. The van der Waals surface area contributed by atoms with Gasteiger partial charge in [-0.2, -0.15) is 0 Å². The molecule has 0 spiro atoms. The van der Waals surface area contributed by atoms with Crippen LogP contribution < -0.4 is 25.1 Å². The first-order valence-corrected chi connectivity index (χ1v) is 16.8. The summed E-state index contributed by atoms with van der Waals surface area (Å²) in [6, 6.07) is 28.6. The van der Waals surface area contributed by atoms with Crippen molar-refractivity contribution in [3.63, 3.8) is 0 Å². The number of hydrogen-bond acceptors (Lipinski definition) is 8. The van der Waals surface area contributed by atoms with E-state index in [1.165, 1.54) is 0 Å². The van der Waals surface area contributed by atoms with Crippen LogP contribution in [0.5, 0.6) is 17.2 Å². The summed E-state index contributed by atoms with van der Waals surface area (Å²) in [6.07, 6.45) is 0.673. The van der Waals surface area contributed by atoms with Gasteiger partial charge in [0.25, 0.3) is 5.91 Å². The minimum Gasteiger partial charge on any atom is -0.494 e. The molecular weight excluding hydrogens is 730 g/mol. The second-order valence-corrected chi connectivity index (χ2v) is 12.6. The number of rotatable bonds is 15. The van der Waals surface area contributed by atoms with Crippen LogP contribution in [0.3, 0.4) is 0 Å². The number of methoxy groups -OCH3 is 2. The lowest BCUT2D eigenvalue weighted by atomic mass is 9.82. The fraction of sp³-hybridized carbons (Fsp3) is 0.278. The van der Waals surface area contributed by atoms with Crippen molar-refractivity contribution in [3.05, 3.63) is 122 Å². The highest BCUT2D eigenvalue weighted by Gasteiger charge is 2.54. The number of ether oxygens (including phenoxy) is 4. The molecule has 47 heavy (non-hydrogen) atoms. The van der Waals surface area contributed by atoms with Gasteiger partial charge in [0, 0.05) is 46.1 Å². The van der Waals surface area contributed by atoms with Crippen LogP contribution in [-0.2, 0) is 22.4 Å². The predicted octanol–water partition coefficient (Wildman–Crippen LogP) is 6.35. The number of halogens is 2. The molecule has 1 heterocycles. The van der Waals surface area contributed by atoms with Crippen LogP contribution in [0, 0.1) is 0 Å². The van der Waals surface area contributed by atoms with Gasteiger partial charge in [0.15, 0.2) is 23.1 Å². The fourth-order valence-corrected chi connectivity index (χ4v) is 6.29. The SMILES string of the molecule is COc1ccc(CCNNC(=O)[C@@]2(Cc3ccccc3Br)N=C(c3ccc(OCCCO)cc3)O[C@H]2c2ccccc2Br)cc1OC. The summed E-state index contributed by atoms with van der Waals surface area (Å²) < 4.78 is 24.8. The highest BCUT2D eigenvalue weighted by Crippen LogP contribution is 2.45. The van der Waals surface area contributed by atoms with E-state index in [9.17, 15) is 4.79 Å². The van der Waals surface area contributed by atoms with E-state index in [0.717, 1.165) is 25.6 Å². The van der Waals surface area contributed by atoms with Gasteiger partial charge in [0.05, 0.1) is 20.8 Å². The number of aliphatic imine (C=N–C) groups is 1. The molecule has 0 aliphatic carbocycles. The molecule has 5 rings (SSSR count). The normalized spacial score (nSPS) is 17.0. The highest BCUT2D eigenvalue weighted by atomic mass is 79.9. The lowest BCUT2D eigenvalue weighted by Gasteiger charge is -2.31. The summed E-state index contributed by atoms with van der Waals surface area (Å²) in [5, 5.41) is 9.08. The molecule has 0 radical (unpaired) electrons. The lowest BCUT2D eigenvalue weighted by Crippen LogP contribution is -2.54. The summed E-state index contributed by atoms with van der Waals surface area (Å²) in [4.78, 5) is 19.6. The second kappa shape index (κ2) is 16.3. The van der Waals surface area contributed by atoms with Crippen LogP contribution in [0.25, 0.3) is 0 Å². The van der Waals surface area contributed by atoms with Crippen molar-refractivity contribution in [1.82, 2.24) is 10.9 Å². The van der Waals surface area contributed by atoms with Crippen LogP contribution in [0.2, 0.25) is 0 Å². The average Bonchev–Trinajstić information content (AvgIpc) is 3.48. The smallest absolute Gasteiger partial charge is 0.266 e. The number of carbonyl (C=O) groups excluding carboxylic acids is 1. The number of nitrogens with one attached hydrogen (secondary N) is 2. The lowest BCUT2D eigenvalue weighted by molar-refractivity contribution is -0.130. The predicted molar refractivity (Wildman–Crippen MR) is 188 cm³/mol. The van der Waals surface area contributed by atoms with Crippen molar-refractivity contribution in [2.24, 2.45) is 4.99 Å². The van der Waals surface area contributed by atoms with E-state index in [1.54, 1.807) is 14.2 Å². The molecule has 4 aromatic rings. The first-order valence-electron chi connectivity index (χ1n) is 15.2. The molecule has 11 heteroatoms. The van der Waals surface area contributed by atoms with Crippen molar-refractivity contribution in [3.8, 4) is 17.2 Å². The molecular formula is C36H37Br2N3O6. The number of hydrazine groups is 1. The number of hydrogen-bond donors (Lipinski definition) is 3. The van der Waals surface area contributed by atoms with Crippen molar-refractivity contribution < 1.29 is 28.8 Å². The Balaban J connectivity index is 1.46. The van der Waals surface area contributed by atoms with E-state index in [-0.39, 0.29) is 18.9 Å². The zero-order valence-corrected chi connectivity index (χ0v) is 29.3. The van der Waals surface area contributed by atoms with Gasteiger partial charge in [-0.05, 0) is 66.1 Å². The summed E-state index contributed by atoms with van der Waals surface area (Å²) >= 11 is 7.37. The van der Waals surface area contributed by atoms with E-state index < -0.39 is 11.6 Å². The zero-order chi connectivity index (χ0) is 33.2. The molecule has 1 amide bonds. The molecule has 0 bridgehead atoms. The third kappa shape index (κ3) is 8.16. The van der Waals surface area contributed by atoms with Crippen LogP contribution in [0.15, 0.2) is 105 Å². The molecule has 0 unspecified atom stereocenters. The molecule has 9 nitrogen and oxygen atoms in total. The molecule has 3 N–H and O–H groups in total. The second-order valence-electron chi connectivity index (χ2n) is 10.9. The third-order valence-electron chi connectivity index (χ3n) is 7.82. The van der Waals surface area contributed by atoms with E-state index in [4.69, 9.17) is 29.0 Å². The number of amides is 1. The van der Waals surface area contributed by atoms with Crippen molar-refractivity contribution in [1.29, 1.82) is 0 Å². The Hall–Kier alpha value is -3.90. The van der Waals surface area contributed by atoms with E-state index in [2.05, 4.69) is 42.7 Å². The summed E-state index contributed by atoms with van der Waals surface area (Å²) in [7, 11) is 3.21. The van der Waals surface area contributed by atoms with Crippen LogP contribution >= 0.6 is 31.9 Å².